The third kappa shape index (κ3) is 3.76. The van der Waals surface area contributed by atoms with Crippen LogP contribution in [0.3, 0.4) is 0 Å². The molecule has 0 aromatic carbocycles. The van der Waals surface area contributed by atoms with Crippen LogP contribution in [0.5, 0.6) is 0 Å². The molecular formula is C16H28N2O3. The van der Waals surface area contributed by atoms with Crippen LogP contribution in [0.2, 0.25) is 0 Å². The van der Waals surface area contributed by atoms with E-state index in [9.17, 15) is 9.59 Å². The molecular weight excluding hydrogens is 268 g/mol. The molecule has 5 heteroatoms. The summed E-state index contributed by atoms with van der Waals surface area (Å²) < 4.78 is 6.00. The van der Waals surface area contributed by atoms with Crippen LogP contribution in [-0.4, -0.2) is 47.0 Å². The summed E-state index contributed by atoms with van der Waals surface area (Å²) in [6, 6.07) is -0.795. The second kappa shape index (κ2) is 5.95. The molecule has 2 aliphatic rings. The first-order valence-electron chi connectivity index (χ1n) is 7.98. The Bertz CT molecular complexity index is 420. The summed E-state index contributed by atoms with van der Waals surface area (Å²) in [7, 11) is 0. The molecule has 21 heavy (non-hydrogen) atoms. The van der Waals surface area contributed by atoms with Crippen LogP contribution < -0.4 is 5.32 Å². The number of carbonyl (C=O) groups excluding carboxylic acids is 2. The lowest BCUT2D eigenvalue weighted by Crippen LogP contribution is -2.63. The molecule has 0 spiro atoms. The Kier molecular flexibility index (Phi) is 4.61. The van der Waals surface area contributed by atoms with Crippen LogP contribution in [0.25, 0.3) is 0 Å². The number of hydrogen-bond acceptors (Lipinski definition) is 3. The molecule has 1 N–H and O–H groups in total. The predicted octanol–water partition coefficient (Wildman–Crippen LogP) is 1.71. The minimum absolute atomic E-state index is 0.00792. The van der Waals surface area contributed by atoms with Gasteiger partial charge in [-0.3, -0.25) is 9.59 Å². The van der Waals surface area contributed by atoms with Crippen molar-refractivity contribution in [3.05, 3.63) is 0 Å². The predicted molar refractivity (Wildman–Crippen MR) is 80.7 cm³/mol. The van der Waals surface area contributed by atoms with E-state index in [2.05, 4.69) is 33.0 Å². The molecule has 0 aliphatic carbocycles. The first kappa shape index (κ1) is 16.3. The number of ether oxygens (including phenoxy) is 1. The zero-order chi connectivity index (χ0) is 15.8. The summed E-state index contributed by atoms with van der Waals surface area (Å²) in [4.78, 5) is 26.5. The van der Waals surface area contributed by atoms with Gasteiger partial charge in [-0.15, -0.1) is 0 Å². The monoisotopic (exact) mass is 296 g/mol. The van der Waals surface area contributed by atoms with Gasteiger partial charge in [-0.2, -0.15) is 0 Å². The van der Waals surface area contributed by atoms with Crippen LogP contribution in [0.4, 0.5) is 0 Å². The number of nitrogens with one attached hydrogen (secondary N) is 1. The largest absolute Gasteiger partial charge is 0.371 e. The number of hydrogen-bond donors (Lipinski definition) is 1. The normalized spacial score (nSPS) is 32.7. The molecule has 120 valence electrons. The topological polar surface area (TPSA) is 58.6 Å². The van der Waals surface area contributed by atoms with Gasteiger partial charge in [0.05, 0.1) is 11.7 Å². The fraction of sp³-hybridized carbons (Fsp3) is 0.875. The summed E-state index contributed by atoms with van der Waals surface area (Å²) in [6.45, 7) is 10.6. The molecule has 2 fully saturated rings. The van der Waals surface area contributed by atoms with Crippen molar-refractivity contribution in [2.45, 2.75) is 77.7 Å². The van der Waals surface area contributed by atoms with Gasteiger partial charge >= 0.3 is 0 Å². The van der Waals surface area contributed by atoms with Crippen molar-refractivity contribution in [2.24, 2.45) is 5.92 Å². The van der Waals surface area contributed by atoms with Gasteiger partial charge in [-0.05, 0) is 46.0 Å². The highest BCUT2D eigenvalue weighted by Gasteiger charge is 2.41. The van der Waals surface area contributed by atoms with E-state index in [0.717, 1.165) is 12.8 Å². The van der Waals surface area contributed by atoms with Crippen LogP contribution in [-0.2, 0) is 14.3 Å². The fourth-order valence-electron chi connectivity index (χ4n) is 3.24. The van der Waals surface area contributed by atoms with Gasteiger partial charge in [0, 0.05) is 6.54 Å². The van der Waals surface area contributed by atoms with Gasteiger partial charge < -0.3 is 15.0 Å². The van der Waals surface area contributed by atoms with E-state index in [1.165, 1.54) is 0 Å². The molecule has 2 amide bonds. The Morgan fingerprint density at radius 3 is 2.57 bits per heavy atom. The molecule has 0 bridgehead atoms. The van der Waals surface area contributed by atoms with Crippen LogP contribution in [0.15, 0.2) is 0 Å². The first-order valence-corrected chi connectivity index (χ1v) is 7.98. The van der Waals surface area contributed by atoms with Crippen LogP contribution in [0.1, 0.15) is 53.9 Å². The lowest BCUT2D eigenvalue weighted by atomic mass is 9.97. The summed E-state index contributed by atoms with van der Waals surface area (Å²) in [5.41, 5.74) is -0.120. The van der Waals surface area contributed by atoms with Crippen molar-refractivity contribution in [1.29, 1.82) is 0 Å². The van der Waals surface area contributed by atoms with Gasteiger partial charge in [-0.25, -0.2) is 0 Å². The molecule has 0 aromatic heterocycles. The average molecular weight is 296 g/mol. The van der Waals surface area contributed by atoms with E-state index in [1.807, 2.05) is 0 Å². The zero-order valence-corrected chi connectivity index (χ0v) is 13.8. The second-order valence-corrected chi connectivity index (χ2v) is 7.40. The Morgan fingerprint density at radius 2 is 2.05 bits per heavy atom. The van der Waals surface area contributed by atoms with Crippen molar-refractivity contribution in [1.82, 2.24) is 10.2 Å². The van der Waals surface area contributed by atoms with Crippen molar-refractivity contribution < 1.29 is 14.3 Å². The van der Waals surface area contributed by atoms with Crippen molar-refractivity contribution in [3.8, 4) is 0 Å². The minimum atomic E-state index is -0.435. The van der Waals surface area contributed by atoms with Gasteiger partial charge in [0.1, 0.15) is 12.1 Å². The Balaban J connectivity index is 2.10. The molecule has 0 radical (unpaired) electrons. The van der Waals surface area contributed by atoms with Gasteiger partial charge in [0.15, 0.2) is 0 Å². The Hall–Kier alpha value is -1.10. The van der Waals surface area contributed by atoms with E-state index in [-0.39, 0.29) is 29.6 Å². The molecule has 0 saturated carbocycles. The number of rotatable bonds is 4. The molecule has 2 aliphatic heterocycles. The third-order valence-electron chi connectivity index (χ3n) is 4.34. The highest BCUT2D eigenvalue weighted by Crippen LogP contribution is 2.31. The molecule has 5 nitrogen and oxygen atoms in total. The summed E-state index contributed by atoms with van der Waals surface area (Å²) >= 11 is 0. The molecule has 3 atom stereocenters. The van der Waals surface area contributed by atoms with Gasteiger partial charge in [0.25, 0.3) is 0 Å². The SMILES string of the molecule is CC(C)CC1C(=O)NC(C)C(=O)N1CC1CCC(C)(C)O1. The number of carbonyl (C=O) groups is 2. The molecule has 2 heterocycles. The maximum Gasteiger partial charge on any atom is 0.245 e. The fourth-order valence-corrected chi connectivity index (χ4v) is 3.24. The standard InChI is InChI=1S/C16H28N2O3/c1-10(2)8-13-14(19)17-11(3)15(20)18(13)9-12-6-7-16(4,5)21-12/h10-13H,6-9H2,1-5H3,(H,17,19). The van der Waals surface area contributed by atoms with Gasteiger partial charge in [0.2, 0.25) is 11.8 Å². The first-order chi connectivity index (χ1) is 9.69. The maximum atomic E-state index is 12.5. The summed E-state index contributed by atoms with van der Waals surface area (Å²) in [5, 5.41) is 2.78. The number of amides is 2. The average Bonchev–Trinajstić information content (AvgIpc) is 2.70. The summed E-state index contributed by atoms with van der Waals surface area (Å²) in [6.07, 6.45) is 2.68. The van der Waals surface area contributed by atoms with E-state index in [1.54, 1.807) is 11.8 Å². The molecule has 3 unspecified atom stereocenters. The zero-order valence-electron chi connectivity index (χ0n) is 13.8. The van der Waals surface area contributed by atoms with Crippen molar-refractivity contribution in [2.75, 3.05) is 6.54 Å². The van der Waals surface area contributed by atoms with Crippen molar-refractivity contribution in [3.63, 3.8) is 0 Å². The van der Waals surface area contributed by atoms with Crippen LogP contribution in [0, 0.1) is 5.92 Å². The highest BCUT2D eigenvalue weighted by molar-refractivity contribution is 5.96. The van der Waals surface area contributed by atoms with E-state index in [4.69, 9.17) is 4.74 Å². The molecule has 2 rings (SSSR count). The van der Waals surface area contributed by atoms with E-state index in [0.29, 0.717) is 18.9 Å². The Morgan fingerprint density at radius 1 is 1.38 bits per heavy atom. The molecule has 2 saturated heterocycles. The van der Waals surface area contributed by atoms with E-state index >= 15 is 0 Å². The third-order valence-corrected chi connectivity index (χ3v) is 4.34. The highest BCUT2D eigenvalue weighted by atomic mass is 16.5. The lowest BCUT2D eigenvalue weighted by Gasteiger charge is -2.40. The quantitative estimate of drug-likeness (QED) is 0.859. The smallest absolute Gasteiger partial charge is 0.245 e. The van der Waals surface area contributed by atoms with E-state index < -0.39 is 6.04 Å². The number of nitrogens with zero attached hydrogens (tertiary/aromatic N) is 1. The maximum absolute atomic E-state index is 12.5. The van der Waals surface area contributed by atoms with Crippen molar-refractivity contribution >= 4 is 11.8 Å². The summed E-state index contributed by atoms with van der Waals surface area (Å²) in [5.74, 6) is 0.340. The van der Waals surface area contributed by atoms with Gasteiger partial charge in [-0.1, -0.05) is 13.8 Å². The lowest BCUT2D eigenvalue weighted by molar-refractivity contribution is -0.152. The molecule has 0 aromatic rings. The Labute approximate surface area is 127 Å². The van der Waals surface area contributed by atoms with Crippen LogP contribution >= 0.6 is 0 Å². The minimum Gasteiger partial charge on any atom is -0.371 e. The second-order valence-electron chi connectivity index (χ2n) is 7.40. The number of piperazine rings is 1.